The average molecular weight is 396 g/mol. The van der Waals surface area contributed by atoms with E-state index in [0.29, 0.717) is 19.0 Å². The highest BCUT2D eigenvalue weighted by Crippen LogP contribution is 2.13. The number of H-pyrrole nitrogens is 1. The van der Waals surface area contributed by atoms with Crippen molar-refractivity contribution in [3.05, 3.63) is 69.6 Å². The molecule has 1 saturated heterocycles. The van der Waals surface area contributed by atoms with Crippen LogP contribution >= 0.6 is 0 Å². The monoisotopic (exact) mass is 396 g/mol. The zero-order valence-corrected chi connectivity index (χ0v) is 16.7. The second kappa shape index (κ2) is 10.0. The molecule has 0 bridgehead atoms. The third kappa shape index (κ3) is 5.77. The van der Waals surface area contributed by atoms with Crippen LogP contribution in [0.15, 0.2) is 47.4 Å². The summed E-state index contributed by atoms with van der Waals surface area (Å²) in [7, 11) is 1.64. The van der Waals surface area contributed by atoms with Crippen molar-refractivity contribution < 1.29 is 9.59 Å². The number of nitrogens with zero attached hydrogens (tertiary/aromatic N) is 1. The number of amides is 2. The van der Waals surface area contributed by atoms with Gasteiger partial charge in [-0.2, -0.15) is 0 Å². The third-order valence-electron chi connectivity index (χ3n) is 5.24. The third-order valence-corrected chi connectivity index (χ3v) is 5.24. The van der Waals surface area contributed by atoms with Crippen LogP contribution < -0.4 is 16.2 Å². The highest BCUT2D eigenvalue weighted by Gasteiger charge is 2.19. The van der Waals surface area contributed by atoms with E-state index >= 15 is 0 Å². The fraction of sp³-hybridized carbons (Fsp3) is 0.409. The first-order chi connectivity index (χ1) is 14.0. The molecule has 2 amide bonds. The first-order valence-corrected chi connectivity index (χ1v) is 10.1. The van der Waals surface area contributed by atoms with Crippen LogP contribution in [0.3, 0.4) is 0 Å². The van der Waals surface area contributed by atoms with E-state index in [2.05, 4.69) is 15.6 Å². The summed E-state index contributed by atoms with van der Waals surface area (Å²) in [5.74, 6) is -0.133. The molecule has 1 aliphatic rings. The Kier molecular flexibility index (Phi) is 7.19. The predicted molar refractivity (Wildman–Crippen MR) is 112 cm³/mol. The number of pyridine rings is 1. The molecule has 1 aromatic heterocycles. The van der Waals surface area contributed by atoms with Gasteiger partial charge in [-0.15, -0.1) is 0 Å². The summed E-state index contributed by atoms with van der Waals surface area (Å²) in [6.45, 7) is 3.00. The highest BCUT2D eigenvalue weighted by molar-refractivity contribution is 5.99. The number of nitrogens with one attached hydrogen (secondary N) is 3. The predicted octanol–water partition coefficient (Wildman–Crippen LogP) is 1.77. The molecule has 1 unspecified atom stereocenters. The first-order valence-electron chi connectivity index (χ1n) is 10.1. The molecule has 0 saturated carbocycles. The molecule has 1 fully saturated rings. The van der Waals surface area contributed by atoms with E-state index in [1.807, 2.05) is 30.3 Å². The smallest absolute Gasteiger partial charge is 0.260 e. The summed E-state index contributed by atoms with van der Waals surface area (Å²) >= 11 is 0. The van der Waals surface area contributed by atoms with E-state index in [4.69, 9.17) is 0 Å². The quantitative estimate of drug-likeness (QED) is 0.665. The summed E-state index contributed by atoms with van der Waals surface area (Å²) < 4.78 is 0. The van der Waals surface area contributed by atoms with Crippen LogP contribution in [0.25, 0.3) is 0 Å². The zero-order chi connectivity index (χ0) is 20.6. The summed E-state index contributed by atoms with van der Waals surface area (Å²) in [5.41, 5.74) is 0.709. The van der Waals surface area contributed by atoms with Gasteiger partial charge in [-0.25, -0.2) is 0 Å². The maximum Gasteiger partial charge on any atom is 0.260 e. The lowest BCUT2D eigenvalue weighted by molar-refractivity contribution is 0.0783. The lowest BCUT2D eigenvalue weighted by Crippen LogP contribution is -2.34. The lowest BCUT2D eigenvalue weighted by Gasteiger charge is -2.22. The summed E-state index contributed by atoms with van der Waals surface area (Å²) in [6.07, 6.45) is 4.61. The van der Waals surface area contributed by atoms with Crippen molar-refractivity contribution >= 4 is 11.8 Å². The van der Waals surface area contributed by atoms with Gasteiger partial charge in [0.25, 0.3) is 17.4 Å². The molecular weight excluding hydrogens is 368 g/mol. The Morgan fingerprint density at radius 3 is 2.76 bits per heavy atom. The summed E-state index contributed by atoms with van der Waals surface area (Å²) in [5, 5.41) is 6.25. The van der Waals surface area contributed by atoms with E-state index in [-0.39, 0.29) is 17.0 Å². The van der Waals surface area contributed by atoms with Crippen LogP contribution in [0.4, 0.5) is 0 Å². The van der Waals surface area contributed by atoms with E-state index in [1.54, 1.807) is 7.05 Å². The standard InChI is InChI=1S/C22H28N4O3/c1-26(15-17-6-3-2-4-7-17)22(29)19-12-18(14-25-21(19)28)20(27)24-11-9-16-8-5-10-23-13-16/h2-4,6-7,12,14,16,23H,5,8-11,13,15H2,1H3,(H,24,27)(H,25,28). The van der Waals surface area contributed by atoms with Crippen molar-refractivity contribution in [1.29, 1.82) is 0 Å². The molecule has 2 aromatic rings. The van der Waals surface area contributed by atoms with Crippen molar-refractivity contribution in [1.82, 2.24) is 20.5 Å². The highest BCUT2D eigenvalue weighted by atomic mass is 16.2. The SMILES string of the molecule is CN(Cc1ccccc1)C(=O)c1cc(C(=O)NCCC2CCCNC2)c[nH]c1=O. The average Bonchev–Trinajstić information content (AvgIpc) is 2.75. The molecule has 0 spiro atoms. The Morgan fingerprint density at radius 1 is 1.24 bits per heavy atom. The van der Waals surface area contributed by atoms with Gasteiger partial charge in [-0.05, 0) is 49.9 Å². The van der Waals surface area contributed by atoms with Crippen molar-refractivity contribution in [3.8, 4) is 0 Å². The minimum Gasteiger partial charge on any atom is -0.352 e. The van der Waals surface area contributed by atoms with Gasteiger partial charge >= 0.3 is 0 Å². The van der Waals surface area contributed by atoms with Crippen LogP contribution in [-0.4, -0.2) is 48.4 Å². The fourth-order valence-corrected chi connectivity index (χ4v) is 3.57. The van der Waals surface area contributed by atoms with E-state index in [9.17, 15) is 14.4 Å². The number of carbonyl (C=O) groups excluding carboxylic acids is 2. The molecule has 1 aliphatic heterocycles. The molecule has 2 heterocycles. The molecule has 7 nitrogen and oxygen atoms in total. The molecule has 3 rings (SSSR count). The van der Waals surface area contributed by atoms with Gasteiger partial charge in [0.15, 0.2) is 0 Å². The Bertz CT molecular complexity index is 888. The maximum atomic E-state index is 12.7. The molecule has 29 heavy (non-hydrogen) atoms. The van der Waals surface area contributed by atoms with Crippen LogP contribution in [0.2, 0.25) is 0 Å². The maximum absolute atomic E-state index is 12.7. The van der Waals surface area contributed by atoms with Crippen molar-refractivity contribution in [3.63, 3.8) is 0 Å². The molecule has 154 valence electrons. The van der Waals surface area contributed by atoms with Crippen molar-refractivity contribution in [2.75, 3.05) is 26.7 Å². The van der Waals surface area contributed by atoms with Gasteiger partial charge in [0.1, 0.15) is 5.56 Å². The van der Waals surface area contributed by atoms with Crippen molar-refractivity contribution in [2.45, 2.75) is 25.8 Å². The van der Waals surface area contributed by atoms with Gasteiger partial charge < -0.3 is 20.5 Å². The Morgan fingerprint density at radius 2 is 2.03 bits per heavy atom. The van der Waals surface area contributed by atoms with E-state index in [0.717, 1.165) is 25.1 Å². The molecule has 7 heteroatoms. The number of carbonyl (C=O) groups is 2. The number of rotatable bonds is 7. The van der Waals surface area contributed by atoms with E-state index in [1.165, 1.54) is 30.0 Å². The van der Waals surface area contributed by atoms with Gasteiger partial charge in [0.05, 0.1) is 5.56 Å². The van der Waals surface area contributed by atoms with Crippen molar-refractivity contribution in [2.24, 2.45) is 5.92 Å². The largest absolute Gasteiger partial charge is 0.352 e. The summed E-state index contributed by atoms with van der Waals surface area (Å²) in [4.78, 5) is 41.3. The molecule has 1 aromatic carbocycles. The van der Waals surface area contributed by atoms with Crippen LogP contribution in [0.5, 0.6) is 0 Å². The van der Waals surface area contributed by atoms with Gasteiger partial charge in [-0.1, -0.05) is 30.3 Å². The Hall–Kier alpha value is -2.93. The van der Waals surface area contributed by atoms with Gasteiger partial charge in [0, 0.05) is 26.3 Å². The number of piperidine rings is 1. The number of hydrogen-bond acceptors (Lipinski definition) is 4. The minimum absolute atomic E-state index is 0.0347. The topological polar surface area (TPSA) is 94.3 Å². The number of benzene rings is 1. The fourth-order valence-electron chi connectivity index (χ4n) is 3.57. The Balaban J connectivity index is 1.61. The lowest BCUT2D eigenvalue weighted by atomic mass is 9.96. The van der Waals surface area contributed by atoms with E-state index < -0.39 is 11.5 Å². The van der Waals surface area contributed by atoms with Crippen LogP contribution in [0.1, 0.15) is 45.5 Å². The Labute approximate surface area is 170 Å². The zero-order valence-electron chi connectivity index (χ0n) is 16.7. The molecule has 1 atom stereocenters. The number of aromatic nitrogens is 1. The van der Waals surface area contributed by atoms with Crippen LogP contribution in [0, 0.1) is 5.92 Å². The molecule has 0 radical (unpaired) electrons. The summed E-state index contributed by atoms with van der Waals surface area (Å²) in [6, 6.07) is 10.9. The normalized spacial score (nSPS) is 16.2. The number of aromatic amines is 1. The molecule has 3 N–H and O–H groups in total. The number of hydrogen-bond donors (Lipinski definition) is 3. The second-order valence-corrected chi connectivity index (χ2v) is 7.53. The van der Waals surface area contributed by atoms with Crippen LogP contribution in [-0.2, 0) is 6.54 Å². The molecular formula is C22H28N4O3. The minimum atomic E-state index is -0.500. The first kappa shape index (κ1) is 20.8. The molecule has 0 aliphatic carbocycles. The van der Waals surface area contributed by atoms with Gasteiger partial charge in [0.2, 0.25) is 0 Å². The van der Waals surface area contributed by atoms with Gasteiger partial charge in [-0.3, -0.25) is 14.4 Å². The second-order valence-electron chi connectivity index (χ2n) is 7.53.